The minimum absolute atomic E-state index is 0.201. The highest BCUT2D eigenvalue weighted by Gasteiger charge is 2.39. The van der Waals surface area contributed by atoms with Gasteiger partial charge >= 0.3 is 0 Å². The van der Waals surface area contributed by atoms with Crippen LogP contribution in [-0.2, 0) is 14.8 Å². The molecule has 1 saturated heterocycles. The Bertz CT molecular complexity index is 1160. The summed E-state index contributed by atoms with van der Waals surface area (Å²) in [5.41, 5.74) is 2.59. The molecule has 0 aliphatic carbocycles. The summed E-state index contributed by atoms with van der Waals surface area (Å²) in [6.07, 6.45) is 1.11. The van der Waals surface area contributed by atoms with Gasteiger partial charge in [-0.1, -0.05) is 41.4 Å². The van der Waals surface area contributed by atoms with E-state index < -0.39 is 16.1 Å². The van der Waals surface area contributed by atoms with Gasteiger partial charge in [0.2, 0.25) is 15.9 Å². The Hall–Kier alpha value is -2.26. The highest BCUT2D eigenvalue weighted by atomic mass is 35.5. The molecule has 4 rings (SSSR count). The molecule has 1 aliphatic heterocycles. The van der Waals surface area contributed by atoms with E-state index in [1.807, 2.05) is 24.4 Å². The van der Waals surface area contributed by atoms with Gasteiger partial charge in [0, 0.05) is 22.5 Å². The lowest BCUT2D eigenvalue weighted by atomic mass is 10.2. The zero-order valence-electron chi connectivity index (χ0n) is 16.2. The summed E-state index contributed by atoms with van der Waals surface area (Å²) in [7, 11) is -3.74. The van der Waals surface area contributed by atoms with Crippen LogP contribution in [0.25, 0.3) is 11.3 Å². The first-order valence-corrected chi connectivity index (χ1v) is 12.2. The lowest BCUT2D eigenvalue weighted by Crippen LogP contribution is -2.43. The van der Waals surface area contributed by atoms with Crippen molar-refractivity contribution in [2.75, 3.05) is 11.9 Å². The standard InChI is InChI=1S/C21H20ClN3O3S2/c1-14-4-10-17(11-5-14)30(27,28)25-12-2-3-19(25)20(26)24-21-23-18(13-29-21)15-6-8-16(22)9-7-15/h4-11,13,19H,2-3,12H2,1H3,(H,23,24,26). The molecule has 30 heavy (non-hydrogen) atoms. The van der Waals surface area contributed by atoms with Crippen molar-refractivity contribution in [3.05, 3.63) is 64.5 Å². The molecular formula is C21H20ClN3O3S2. The van der Waals surface area contributed by atoms with Gasteiger partial charge in [-0.05, 0) is 44.0 Å². The number of nitrogens with zero attached hydrogens (tertiary/aromatic N) is 2. The molecule has 0 saturated carbocycles. The van der Waals surface area contributed by atoms with Crippen LogP contribution in [-0.4, -0.2) is 36.2 Å². The molecule has 0 radical (unpaired) electrons. The summed E-state index contributed by atoms with van der Waals surface area (Å²) in [5, 5.41) is 5.70. The van der Waals surface area contributed by atoms with Crippen molar-refractivity contribution in [2.45, 2.75) is 30.7 Å². The molecule has 3 aromatic rings. The number of amides is 1. The van der Waals surface area contributed by atoms with Crippen LogP contribution in [0.15, 0.2) is 58.8 Å². The summed E-state index contributed by atoms with van der Waals surface area (Å²) in [5.74, 6) is -0.361. The first-order valence-electron chi connectivity index (χ1n) is 9.45. The lowest BCUT2D eigenvalue weighted by molar-refractivity contribution is -0.119. The average Bonchev–Trinajstić information content (AvgIpc) is 3.39. The molecule has 6 nitrogen and oxygen atoms in total. The quantitative estimate of drug-likeness (QED) is 0.603. The normalized spacial score (nSPS) is 17.2. The highest BCUT2D eigenvalue weighted by molar-refractivity contribution is 7.89. The Morgan fingerprint density at radius 1 is 1.17 bits per heavy atom. The second-order valence-electron chi connectivity index (χ2n) is 7.12. The average molecular weight is 462 g/mol. The van der Waals surface area contributed by atoms with Crippen LogP contribution in [0.5, 0.6) is 0 Å². The number of carbonyl (C=O) groups excluding carboxylic acids is 1. The van der Waals surface area contributed by atoms with Gasteiger partial charge in [-0.3, -0.25) is 4.79 Å². The fraction of sp³-hybridized carbons (Fsp3) is 0.238. The minimum atomic E-state index is -3.74. The largest absolute Gasteiger partial charge is 0.301 e. The molecule has 1 N–H and O–H groups in total. The number of thiazole rings is 1. The highest BCUT2D eigenvalue weighted by Crippen LogP contribution is 2.29. The first kappa shape index (κ1) is 21.0. The Morgan fingerprint density at radius 2 is 1.87 bits per heavy atom. The zero-order valence-corrected chi connectivity index (χ0v) is 18.6. The van der Waals surface area contributed by atoms with Crippen molar-refractivity contribution in [3.8, 4) is 11.3 Å². The Balaban J connectivity index is 1.50. The molecule has 1 aromatic heterocycles. The summed E-state index contributed by atoms with van der Waals surface area (Å²) in [4.78, 5) is 17.5. The van der Waals surface area contributed by atoms with Crippen LogP contribution in [0.1, 0.15) is 18.4 Å². The molecule has 0 bridgehead atoms. The number of carbonyl (C=O) groups is 1. The predicted octanol–water partition coefficient (Wildman–Crippen LogP) is 4.56. The number of benzene rings is 2. The van der Waals surface area contributed by atoms with Crippen molar-refractivity contribution >= 4 is 44.0 Å². The third-order valence-electron chi connectivity index (χ3n) is 5.01. The molecule has 2 heterocycles. The number of rotatable bonds is 5. The van der Waals surface area contributed by atoms with Gasteiger partial charge in [0.15, 0.2) is 5.13 Å². The van der Waals surface area contributed by atoms with Gasteiger partial charge in [-0.25, -0.2) is 13.4 Å². The van der Waals surface area contributed by atoms with E-state index >= 15 is 0 Å². The van der Waals surface area contributed by atoms with Crippen LogP contribution in [0.4, 0.5) is 5.13 Å². The van der Waals surface area contributed by atoms with Crippen LogP contribution in [0, 0.1) is 6.92 Å². The number of aromatic nitrogens is 1. The lowest BCUT2D eigenvalue weighted by Gasteiger charge is -2.23. The maximum atomic E-state index is 13.1. The van der Waals surface area contributed by atoms with E-state index in [4.69, 9.17) is 11.6 Å². The van der Waals surface area contributed by atoms with Crippen molar-refractivity contribution in [1.29, 1.82) is 0 Å². The van der Waals surface area contributed by atoms with E-state index in [9.17, 15) is 13.2 Å². The molecule has 156 valence electrons. The smallest absolute Gasteiger partial charge is 0.244 e. The number of sulfonamides is 1. The van der Waals surface area contributed by atoms with E-state index in [0.29, 0.717) is 29.5 Å². The van der Waals surface area contributed by atoms with Crippen LogP contribution in [0.3, 0.4) is 0 Å². The van der Waals surface area contributed by atoms with Gasteiger partial charge in [-0.2, -0.15) is 4.31 Å². The van der Waals surface area contributed by atoms with Crippen molar-refractivity contribution in [2.24, 2.45) is 0 Å². The van der Waals surface area contributed by atoms with E-state index in [0.717, 1.165) is 16.8 Å². The zero-order chi connectivity index (χ0) is 21.3. The van der Waals surface area contributed by atoms with E-state index in [1.165, 1.54) is 15.6 Å². The van der Waals surface area contributed by atoms with Crippen molar-refractivity contribution in [3.63, 3.8) is 0 Å². The Morgan fingerprint density at radius 3 is 2.57 bits per heavy atom. The van der Waals surface area contributed by atoms with E-state index in [-0.39, 0.29) is 10.8 Å². The van der Waals surface area contributed by atoms with Crippen molar-refractivity contribution < 1.29 is 13.2 Å². The maximum Gasteiger partial charge on any atom is 0.244 e. The summed E-state index contributed by atoms with van der Waals surface area (Å²) >= 11 is 7.22. The number of anilines is 1. The maximum absolute atomic E-state index is 13.1. The SMILES string of the molecule is Cc1ccc(S(=O)(=O)N2CCCC2C(=O)Nc2nc(-c3ccc(Cl)cc3)cs2)cc1. The topological polar surface area (TPSA) is 79.4 Å². The fourth-order valence-electron chi connectivity index (χ4n) is 3.41. The molecule has 1 atom stereocenters. The van der Waals surface area contributed by atoms with Crippen molar-refractivity contribution in [1.82, 2.24) is 9.29 Å². The monoisotopic (exact) mass is 461 g/mol. The molecule has 9 heteroatoms. The van der Waals surface area contributed by atoms with Gasteiger partial charge in [0.25, 0.3) is 0 Å². The Labute approximate surface area is 184 Å². The first-order chi connectivity index (χ1) is 14.3. The van der Waals surface area contributed by atoms with Gasteiger partial charge < -0.3 is 5.32 Å². The number of hydrogen-bond donors (Lipinski definition) is 1. The van der Waals surface area contributed by atoms with E-state index in [1.54, 1.807) is 36.4 Å². The van der Waals surface area contributed by atoms with Crippen LogP contribution >= 0.6 is 22.9 Å². The molecule has 2 aromatic carbocycles. The molecule has 1 aliphatic rings. The predicted molar refractivity (Wildman–Crippen MR) is 119 cm³/mol. The number of hydrogen-bond acceptors (Lipinski definition) is 5. The summed E-state index contributed by atoms with van der Waals surface area (Å²) in [6, 6.07) is 13.2. The molecule has 1 amide bonds. The second-order valence-corrected chi connectivity index (χ2v) is 10.3. The summed E-state index contributed by atoms with van der Waals surface area (Å²) < 4.78 is 27.4. The molecule has 0 spiro atoms. The third kappa shape index (κ3) is 4.27. The van der Waals surface area contributed by atoms with Gasteiger partial charge in [0.1, 0.15) is 6.04 Å². The third-order valence-corrected chi connectivity index (χ3v) is 7.94. The molecule has 1 fully saturated rings. The molecular weight excluding hydrogens is 442 g/mol. The van der Waals surface area contributed by atoms with E-state index in [2.05, 4.69) is 10.3 Å². The number of nitrogens with one attached hydrogen (secondary N) is 1. The van der Waals surface area contributed by atoms with Crippen LogP contribution in [0.2, 0.25) is 5.02 Å². The fourth-order valence-corrected chi connectivity index (χ4v) is 5.91. The molecule has 1 unspecified atom stereocenters. The van der Waals surface area contributed by atoms with Crippen LogP contribution < -0.4 is 5.32 Å². The summed E-state index contributed by atoms with van der Waals surface area (Å²) in [6.45, 7) is 2.22. The number of aryl methyl sites for hydroxylation is 1. The number of halogens is 1. The minimum Gasteiger partial charge on any atom is -0.301 e. The van der Waals surface area contributed by atoms with Gasteiger partial charge in [0.05, 0.1) is 10.6 Å². The second kappa shape index (κ2) is 8.47. The Kier molecular flexibility index (Phi) is 5.92. The van der Waals surface area contributed by atoms with Gasteiger partial charge in [-0.15, -0.1) is 11.3 Å².